The molecule has 0 unspecified atom stereocenters. The molecule has 0 saturated heterocycles. The molecule has 0 aliphatic heterocycles. The first kappa shape index (κ1) is 11.3. The molecule has 68 valence electrons. The summed E-state index contributed by atoms with van der Waals surface area (Å²) in [6.07, 6.45) is 2.93. The van der Waals surface area contributed by atoms with E-state index in [-0.39, 0.29) is 18.4 Å². The molecule has 1 heterocycles. The minimum Gasteiger partial charge on any atom is -0.330 e. The third-order valence-electron chi connectivity index (χ3n) is 1.49. The number of aryl methyl sites for hydroxylation is 1. The molecule has 0 saturated carbocycles. The van der Waals surface area contributed by atoms with E-state index in [1.807, 2.05) is 0 Å². The van der Waals surface area contributed by atoms with E-state index >= 15 is 0 Å². The van der Waals surface area contributed by atoms with Gasteiger partial charge in [-0.05, 0) is 25.5 Å². The van der Waals surface area contributed by atoms with Crippen molar-refractivity contribution >= 4 is 12.4 Å². The molecule has 0 atom stereocenters. The Morgan fingerprint density at radius 3 is 2.83 bits per heavy atom. The van der Waals surface area contributed by atoms with Crippen LogP contribution in [-0.4, -0.2) is 11.5 Å². The van der Waals surface area contributed by atoms with Gasteiger partial charge in [0.05, 0.1) is 0 Å². The van der Waals surface area contributed by atoms with Crippen LogP contribution < -0.4 is 5.73 Å². The van der Waals surface area contributed by atoms with Crippen LogP contribution in [0.25, 0.3) is 0 Å². The van der Waals surface area contributed by atoms with Crippen LogP contribution in [0.15, 0.2) is 18.3 Å². The molecule has 0 radical (unpaired) electrons. The molecule has 0 amide bonds. The third kappa shape index (κ3) is 3.15. The molecule has 0 aliphatic carbocycles. The first-order valence-electron chi connectivity index (χ1n) is 3.64. The summed E-state index contributed by atoms with van der Waals surface area (Å²) in [5.74, 6) is -0.374. The first-order valence-corrected chi connectivity index (χ1v) is 3.64. The molecule has 2 nitrogen and oxygen atoms in total. The van der Waals surface area contributed by atoms with Crippen molar-refractivity contribution in [2.24, 2.45) is 5.73 Å². The zero-order valence-corrected chi connectivity index (χ0v) is 7.48. The molecule has 0 spiro atoms. The Balaban J connectivity index is 0.00000121. The minimum atomic E-state index is -0.374. The topological polar surface area (TPSA) is 38.9 Å². The number of nitrogens with two attached hydrogens (primary N) is 1. The van der Waals surface area contributed by atoms with E-state index in [1.165, 1.54) is 6.20 Å². The Hall–Kier alpha value is -0.670. The lowest BCUT2D eigenvalue weighted by Crippen LogP contribution is -2.02. The smallest absolute Gasteiger partial charge is 0.216 e. The molecular formula is C8H12ClFN2. The van der Waals surface area contributed by atoms with Crippen molar-refractivity contribution in [3.05, 3.63) is 29.8 Å². The SMILES string of the molecule is Cl.NCCCc1cccnc1F. The predicted octanol–water partition coefficient (Wildman–Crippen LogP) is 1.53. The molecule has 2 N–H and O–H groups in total. The van der Waals surface area contributed by atoms with E-state index in [0.29, 0.717) is 18.5 Å². The lowest BCUT2D eigenvalue weighted by molar-refractivity contribution is 0.563. The summed E-state index contributed by atoms with van der Waals surface area (Å²) in [6, 6.07) is 3.47. The average molecular weight is 191 g/mol. The summed E-state index contributed by atoms with van der Waals surface area (Å²) in [5.41, 5.74) is 5.93. The van der Waals surface area contributed by atoms with Gasteiger partial charge >= 0.3 is 0 Å². The van der Waals surface area contributed by atoms with Crippen molar-refractivity contribution < 1.29 is 4.39 Å². The quantitative estimate of drug-likeness (QED) is 0.735. The van der Waals surface area contributed by atoms with Gasteiger partial charge in [-0.15, -0.1) is 12.4 Å². The second-order valence-electron chi connectivity index (χ2n) is 2.35. The molecule has 1 aromatic rings. The van der Waals surface area contributed by atoms with Gasteiger partial charge in [0.15, 0.2) is 0 Å². The maximum absolute atomic E-state index is 12.8. The van der Waals surface area contributed by atoms with Crippen molar-refractivity contribution in [1.82, 2.24) is 4.98 Å². The van der Waals surface area contributed by atoms with Crippen LogP contribution in [0.3, 0.4) is 0 Å². The Labute approximate surface area is 77.4 Å². The van der Waals surface area contributed by atoms with Crippen molar-refractivity contribution in [1.29, 1.82) is 0 Å². The van der Waals surface area contributed by atoms with Gasteiger partial charge < -0.3 is 5.73 Å². The van der Waals surface area contributed by atoms with Crippen LogP contribution in [-0.2, 0) is 6.42 Å². The van der Waals surface area contributed by atoms with Gasteiger partial charge in [0.25, 0.3) is 0 Å². The molecule has 0 aromatic carbocycles. The van der Waals surface area contributed by atoms with Crippen LogP contribution in [0.4, 0.5) is 4.39 Å². The number of pyridine rings is 1. The summed E-state index contributed by atoms with van der Waals surface area (Å²) in [5, 5.41) is 0. The number of nitrogens with zero attached hydrogens (tertiary/aromatic N) is 1. The summed E-state index contributed by atoms with van der Waals surface area (Å²) in [7, 11) is 0. The Morgan fingerprint density at radius 2 is 2.25 bits per heavy atom. The average Bonchev–Trinajstić information content (AvgIpc) is 2.03. The first-order chi connectivity index (χ1) is 5.34. The third-order valence-corrected chi connectivity index (χ3v) is 1.49. The fourth-order valence-electron chi connectivity index (χ4n) is 0.898. The predicted molar refractivity (Wildman–Crippen MR) is 48.8 cm³/mol. The summed E-state index contributed by atoms with van der Waals surface area (Å²) in [4.78, 5) is 3.52. The highest BCUT2D eigenvalue weighted by Crippen LogP contribution is 2.04. The van der Waals surface area contributed by atoms with Crippen molar-refractivity contribution in [2.75, 3.05) is 6.54 Å². The molecule has 1 aromatic heterocycles. The second-order valence-corrected chi connectivity index (χ2v) is 2.35. The summed E-state index contributed by atoms with van der Waals surface area (Å²) < 4.78 is 12.8. The number of hydrogen-bond donors (Lipinski definition) is 1. The maximum atomic E-state index is 12.8. The summed E-state index contributed by atoms with van der Waals surface area (Å²) in [6.45, 7) is 0.592. The monoisotopic (exact) mass is 190 g/mol. The Kier molecular flexibility index (Phi) is 5.58. The van der Waals surface area contributed by atoms with Crippen LogP contribution in [0.5, 0.6) is 0 Å². The van der Waals surface area contributed by atoms with Gasteiger partial charge in [-0.1, -0.05) is 6.07 Å². The zero-order valence-electron chi connectivity index (χ0n) is 6.66. The molecule has 0 bridgehead atoms. The van der Waals surface area contributed by atoms with Crippen LogP contribution >= 0.6 is 12.4 Å². The fourth-order valence-corrected chi connectivity index (χ4v) is 0.898. The number of halogens is 2. The van der Waals surface area contributed by atoms with Crippen LogP contribution in [0.2, 0.25) is 0 Å². The molecule has 4 heteroatoms. The van der Waals surface area contributed by atoms with Crippen LogP contribution in [0, 0.1) is 5.95 Å². The Bertz CT molecular complexity index is 230. The van der Waals surface area contributed by atoms with Gasteiger partial charge in [0.2, 0.25) is 5.95 Å². The van der Waals surface area contributed by atoms with Crippen LogP contribution in [0.1, 0.15) is 12.0 Å². The number of aromatic nitrogens is 1. The normalized spacial score (nSPS) is 9.17. The summed E-state index contributed by atoms with van der Waals surface area (Å²) >= 11 is 0. The van der Waals surface area contributed by atoms with E-state index < -0.39 is 0 Å². The van der Waals surface area contributed by atoms with Crippen molar-refractivity contribution in [2.45, 2.75) is 12.8 Å². The van der Waals surface area contributed by atoms with E-state index in [1.54, 1.807) is 12.1 Å². The minimum absolute atomic E-state index is 0. The van der Waals surface area contributed by atoms with Gasteiger partial charge in [0.1, 0.15) is 0 Å². The lowest BCUT2D eigenvalue weighted by Gasteiger charge is -1.98. The van der Waals surface area contributed by atoms with E-state index in [9.17, 15) is 4.39 Å². The van der Waals surface area contributed by atoms with Crippen molar-refractivity contribution in [3.8, 4) is 0 Å². The molecule has 0 fully saturated rings. The van der Waals surface area contributed by atoms with Gasteiger partial charge in [-0.25, -0.2) is 4.98 Å². The van der Waals surface area contributed by atoms with E-state index in [2.05, 4.69) is 4.98 Å². The van der Waals surface area contributed by atoms with Crippen molar-refractivity contribution in [3.63, 3.8) is 0 Å². The highest BCUT2D eigenvalue weighted by atomic mass is 35.5. The zero-order chi connectivity index (χ0) is 8.10. The molecular weight excluding hydrogens is 179 g/mol. The Morgan fingerprint density at radius 1 is 1.50 bits per heavy atom. The number of rotatable bonds is 3. The fraction of sp³-hybridized carbons (Fsp3) is 0.375. The van der Waals surface area contributed by atoms with Gasteiger partial charge in [0, 0.05) is 11.8 Å². The molecule has 1 rings (SSSR count). The van der Waals surface area contributed by atoms with E-state index in [4.69, 9.17) is 5.73 Å². The molecule has 0 aliphatic rings. The highest BCUT2D eigenvalue weighted by molar-refractivity contribution is 5.85. The van der Waals surface area contributed by atoms with Gasteiger partial charge in [-0.3, -0.25) is 0 Å². The largest absolute Gasteiger partial charge is 0.330 e. The molecule has 12 heavy (non-hydrogen) atoms. The standard InChI is InChI=1S/C8H11FN2.ClH/c9-8-7(3-1-5-10)4-2-6-11-8;/h2,4,6H,1,3,5,10H2;1H. The lowest BCUT2D eigenvalue weighted by atomic mass is 10.1. The second kappa shape index (κ2) is 5.91. The maximum Gasteiger partial charge on any atom is 0.216 e. The highest BCUT2D eigenvalue weighted by Gasteiger charge is 1.99. The van der Waals surface area contributed by atoms with E-state index in [0.717, 1.165) is 6.42 Å². The number of hydrogen-bond acceptors (Lipinski definition) is 2. The van der Waals surface area contributed by atoms with Gasteiger partial charge in [-0.2, -0.15) is 4.39 Å².